The molecule has 4 rings (SSSR count). The number of anilines is 1. The molecular weight excluding hydrogens is 382 g/mol. The molecule has 0 saturated heterocycles. The van der Waals surface area contributed by atoms with Crippen LogP contribution in [0.3, 0.4) is 0 Å². The molecule has 8 nitrogen and oxygen atoms in total. The Morgan fingerprint density at radius 3 is 2.67 bits per heavy atom. The van der Waals surface area contributed by atoms with Crippen LogP contribution in [0, 0.1) is 5.92 Å². The maximum Gasteiger partial charge on any atom is 0.260 e. The summed E-state index contributed by atoms with van der Waals surface area (Å²) in [5.74, 6) is 0.562. The lowest BCUT2D eigenvalue weighted by atomic mass is 9.97. The van der Waals surface area contributed by atoms with Gasteiger partial charge in [-0.05, 0) is 49.9 Å². The lowest BCUT2D eigenvalue weighted by Gasteiger charge is -2.17. The topological polar surface area (TPSA) is 119 Å². The lowest BCUT2D eigenvalue weighted by molar-refractivity contribution is -0.121. The van der Waals surface area contributed by atoms with E-state index in [4.69, 9.17) is 10.5 Å². The molecule has 4 N–H and O–H groups in total. The second kappa shape index (κ2) is 7.44. The number of hydrogen-bond donors (Lipinski definition) is 3. The van der Waals surface area contributed by atoms with E-state index in [2.05, 4.69) is 20.6 Å². The molecule has 1 aromatic heterocycles. The molecule has 0 bridgehead atoms. The van der Waals surface area contributed by atoms with Crippen LogP contribution in [0.4, 0.5) is 5.69 Å². The van der Waals surface area contributed by atoms with Crippen molar-refractivity contribution < 1.29 is 14.3 Å². The van der Waals surface area contributed by atoms with Crippen LogP contribution in [0.5, 0.6) is 5.75 Å². The van der Waals surface area contributed by atoms with Gasteiger partial charge in [0.1, 0.15) is 11.4 Å². The second-order valence-electron chi connectivity index (χ2n) is 8.26. The third-order valence-corrected chi connectivity index (χ3v) is 5.47. The van der Waals surface area contributed by atoms with Crippen LogP contribution in [0.15, 0.2) is 36.8 Å². The quantitative estimate of drug-likeness (QED) is 0.652. The van der Waals surface area contributed by atoms with Crippen LogP contribution in [0.25, 0.3) is 5.57 Å². The van der Waals surface area contributed by atoms with Crippen molar-refractivity contribution in [3.05, 3.63) is 53.7 Å². The molecule has 1 aliphatic heterocycles. The highest BCUT2D eigenvalue weighted by Crippen LogP contribution is 2.52. The van der Waals surface area contributed by atoms with Crippen LogP contribution in [0.2, 0.25) is 0 Å². The maximum absolute atomic E-state index is 13.0. The van der Waals surface area contributed by atoms with Crippen molar-refractivity contribution in [1.82, 2.24) is 15.3 Å². The van der Waals surface area contributed by atoms with Gasteiger partial charge in [-0.15, -0.1) is 0 Å². The summed E-state index contributed by atoms with van der Waals surface area (Å²) in [6, 6.07) is 5.57. The number of nitrogens with zero attached hydrogens (tertiary/aromatic N) is 2. The van der Waals surface area contributed by atoms with E-state index in [0.717, 1.165) is 29.7 Å². The number of aromatic nitrogens is 2. The number of hydrogen-bond acceptors (Lipinski definition) is 6. The molecule has 2 heterocycles. The molecule has 1 aromatic carbocycles. The molecule has 0 radical (unpaired) electrons. The lowest BCUT2D eigenvalue weighted by Crippen LogP contribution is -2.24. The fourth-order valence-corrected chi connectivity index (χ4v) is 3.97. The Morgan fingerprint density at radius 2 is 2.00 bits per heavy atom. The normalized spacial score (nSPS) is 21.4. The zero-order chi connectivity index (χ0) is 21.5. The summed E-state index contributed by atoms with van der Waals surface area (Å²) in [5, 5.41) is 5.66. The number of benzene rings is 1. The summed E-state index contributed by atoms with van der Waals surface area (Å²) in [5.41, 5.74) is 8.13. The van der Waals surface area contributed by atoms with Crippen molar-refractivity contribution in [2.45, 2.75) is 38.2 Å². The van der Waals surface area contributed by atoms with Crippen molar-refractivity contribution in [2.75, 3.05) is 12.4 Å². The Bertz CT molecular complexity index is 1030. The van der Waals surface area contributed by atoms with Gasteiger partial charge in [-0.2, -0.15) is 0 Å². The fourth-order valence-electron chi connectivity index (χ4n) is 3.97. The molecule has 30 heavy (non-hydrogen) atoms. The first-order valence-corrected chi connectivity index (χ1v) is 9.91. The SMILES string of the molecule is CNC(=O)C1CC1c1cc2c(cc1NC(=O)/C(=C/N)c1ncccn1)CC(C)(C)O2. The largest absolute Gasteiger partial charge is 0.487 e. The number of nitrogens with two attached hydrogens (primary N) is 1. The predicted molar refractivity (Wildman–Crippen MR) is 113 cm³/mol. The molecular formula is C22H25N5O3. The van der Waals surface area contributed by atoms with Crippen LogP contribution in [0.1, 0.15) is 43.1 Å². The highest BCUT2D eigenvalue weighted by molar-refractivity contribution is 6.24. The first kappa shape index (κ1) is 19.9. The van der Waals surface area contributed by atoms with Crippen molar-refractivity contribution in [3.63, 3.8) is 0 Å². The molecule has 2 aromatic rings. The van der Waals surface area contributed by atoms with Gasteiger partial charge in [0.25, 0.3) is 5.91 Å². The van der Waals surface area contributed by atoms with Crippen LogP contribution >= 0.6 is 0 Å². The van der Waals surface area contributed by atoms with E-state index in [1.54, 1.807) is 25.5 Å². The summed E-state index contributed by atoms with van der Waals surface area (Å²) in [4.78, 5) is 33.3. The van der Waals surface area contributed by atoms with Gasteiger partial charge in [-0.3, -0.25) is 9.59 Å². The number of fused-ring (bicyclic) bond motifs is 1. The smallest absolute Gasteiger partial charge is 0.260 e. The highest BCUT2D eigenvalue weighted by atomic mass is 16.5. The number of carbonyl (C=O) groups excluding carboxylic acids is 2. The molecule has 1 fully saturated rings. The number of amides is 2. The number of rotatable bonds is 5. The number of carbonyl (C=O) groups is 2. The van der Waals surface area contributed by atoms with E-state index in [0.29, 0.717) is 5.69 Å². The first-order valence-electron chi connectivity index (χ1n) is 9.91. The molecule has 2 atom stereocenters. The fraction of sp³-hybridized carbons (Fsp3) is 0.364. The van der Waals surface area contributed by atoms with Crippen molar-refractivity contribution in [1.29, 1.82) is 0 Å². The Morgan fingerprint density at radius 1 is 1.27 bits per heavy atom. The number of ether oxygens (including phenoxy) is 1. The van der Waals surface area contributed by atoms with Gasteiger partial charge in [0, 0.05) is 49.2 Å². The van der Waals surface area contributed by atoms with Gasteiger partial charge >= 0.3 is 0 Å². The van der Waals surface area contributed by atoms with Gasteiger partial charge in [0.2, 0.25) is 5.91 Å². The molecule has 0 spiro atoms. The van der Waals surface area contributed by atoms with E-state index in [1.807, 2.05) is 26.0 Å². The molecule has 2 amide bonds. The molecule has 1 aliphatic carbocycles. The first-order chi connectivity index (χ1) is 14.3. The summed E-state index contributed by atoms with van der Waals surface area (Å²) < 4.78 is 6.07. The minimum Gasteiger partial charge on any atom is -0.487 e. The monoisotopic (exact) mass is 407 g/mol. The van der Waals surface area contributed by atoms with Gasteiger partial charge in [-0.1, -0.05) is 0 Å². The minimum absolute atomic E-state index is 0.000693. The number of nitrogens with one attached hydrogen (secondary N) is 2. The zero-order valence-corrected chi connectivity index (χ0v) is 17.2. The Labute approximate surface area is 174 Å². The maximum atomic E-state index is 13.0. The van der Waals surface area contributed by atoms with Crippen molar-refractivity contribution in [2.24, 2.45) is 11.7 Å². The average molecular weight is 407 g/mol. The van der Waals surface area contributed by atoms with Crippen molar-refractivity contribution >= 4 is 23.1 Å². The Kier molecular flexibility index (Phi) is 4.93. The van der Waals surface area contributed by atoms with Crippen molar-refractivity contribution in [3.8, 4) is 5.75 Å². The molecule has 8 heteroatoms. The molecule has 2 unspecified atom stereocenters. The van der Waals surface area contributed by atoms with Crippen LogP contribution in [-0.2, 0) is 16.0 Å². The van der Waals surface area contributed by atoms with E-state index in [9.17, 15) is 9.59 Å². The predicted octanol–water partition coefficient (Wildman–Crippen LogP) is 1.98. The second-order valence-corrected chi connectivity index (χ2v) is 8.26. The van der Waals surface area contributed by atoms with E-state index in [1.165, 1.54) is 6.20 Å². The molecule has 2 aliphatic rings. The summed E-state index contributed by atoms with van der Waals surface area (Å²) >= 11 is 0. The van der Waals surface area contributed by atoms with Gasteiger partial charge in [0.05, 0.1) is 5.57 Å². The van der Waals surface area contributed by atoms with E-state index in [-0.39, 0.29) is 34.7 Å². The summed E-state index contributed by atoms with van der Waals surface area (Å²) in [7, 11) is 1.63. The zero-order valence-electron chi connectivity index (χ0n) is 17.2. The Hall–Kier alpha value is -3.42. The molecule has 156 valence electrons. The van der Waals surface area contributed by atoms with Gasteiger partial charge < -0.3 is 21.1 Å². The van der Waals surface area contributed by atoms with E-state index >= 15 is 0 Å². The Balaban J connectivity index is 1.67. The minimum atomic E-state index is -0.403. The van der Waals surface area contributed by atoms with Gasteiger partial charge in [0.15, 0.2) is 5.82 Å². The van der Waals surface area contributed by atoms with E-state index < -0.39 is 5.91 Å². The molecule has 1 saturated carbocycles. The third-order valence-electron chi connectivity index (χ3n) is 5.47. The standard InChI is InChI=1S/C22H25N5O3/c1-22(2)10-12-7-17(27-21(29)16(11-23)19-25-5-4-6-26-19)14(9-18(12)30-22)13-8-15(13)20(28)24-3/h4-7,9,11,13,15H,8,10,23H2,1-3H3,(H,24,28)(H,27,29)/b16-11+. The summed E-state index contributed by atoms with van der Waals surface area (Å²) in [6.07, 6.45) is 5.77. The van der Waals surface area contributed by atoms with Crippen LogP contribution in [-0.4, -0.2) is 34.4 Å². The van der Waals surface area contributed by atoms with Crippen LogP contribution < -0.4 is 21.1 Å². The third kappa shape index (κ3) is 3.72. The average Bonchev–Trinajstić information content (AvgIpc) is 3.44. The highest BCUT2D eigenvalue weighted by Gasteiger charge is 2.45. The summed E-state index contributed by atoms with van der Waals surface area (Å²) in [6.45, 7) is 4.05. The van der Waals surface area contributed by atoms with Gasteiger partial charge in [-0.25, -0.2) is 9.97 Å².